The minimum Gasteiger partial charge on any atom is -0.423 e. The summed E-state index contributed by atoms with van der Waals surface area (Å²) in [6, 6.07) is 23.5. The molecule has 0 radical (unpaired) electrons. The van der Waals surface area contributed by atoms with Gasteiger partial charge in [0, 0.05) is 22.2 Å². The molecule has 0 spiro atoms. The molecule has 0 atom stereocenters. The van der Waals surface area contributed by atoms with E-state index in [4.69, 9.17) is 4.74 Å². The van der Waals surface area contributed by atoms with Gasteiger partial charge in [0.2, 0.25) is 12.7 Å². The minimum absolute atomic E-state index is 0.282. The molecule has 0 saturated heterocycles. The molecule has 5 heteroatoms. The van der Waals surface area contributed by atoms with Crippen molar-refractivity contribution >= 4 is 29.2 Å². The summed E-state index contributed by atoms with van der Waals surface area (Å²) in [4.78, 5) is 24.5. The Hall–Kier alpha value is -3.23. The number of carbonyl (C=O) groups is 2. The van der Waals surface area contributed by atoms with Crippen LogP contribution < -0.4 is 15.3 Å². The van der Waals surface area contributed by atoms with Gasteiger partial charge in [-0.1, -0.05) is 67.2 Å². The lowest BCUT2D eigenvalue weighted by Crippen LogP contribution is -2.22. The minimum atomic E-state index is -3.55. The van der Waals surface area contributed by atoms with Crippen molar-refractivity contribution in [2.45, 2.75) is 0 Å². The highest BCUT2D eigenvalue weighted by Gasteiger charge is 2.36. The normalized spacial score (nSPS) is 10.8. The fraction of sp³-hybridized carbons (Fsp3) is 0. The first-order valence-electron chi connectivity index (χ1n) is 8.26. The van der Waals surface area contributed by atoms with Gasteiger partial charge in [-0.2, -0.15) is 0 Å². The Kier molecular flexibility index (Phi) is 5.49. The molecule has 0 aromatic heterocycles. The molecule has 0 aliphatic heterocycles. The van der Waals surface area contributed by atoms with Crippen molar-refractivity contribution in [1.82, 2.24) is 0 Å². The largest absolute Gasteiger partial charge is 0.423 e. The van der Waals surface area contributed by atoms with E-state index in [1.807, 2.05) is 12.1 Å². The maximum atomic E-state index is 14.0. The molecular formula is C22H17O4P. The summed E-state index contributed by atoms with van der Waals surface area (Å²) in [7, 11) is -3.55. The fourth-order valence-corrected chi connectivity index (χ4v) is 5.13. The molecular weight excluding hydrogens is 359 g/mol. The van der Waals surface area contributed by atoms with Gasteiger partial charge in [0.15, 0.2) is 0 Å². The van der Waals surface area contributed by atoms with Crippen LogP contribution in [0.15, 0.2) is 97.6 Å². The van der Waals surface area contributed by atoms with Gasteiger partial charge in [-0.05, 0) is 24.3 Å². The van der Waals surface area contributed by atoms with Gasteiger partial charge in [-0.3, -0.25) is 4.79 Å². The average molecular weight is 376 g/mol. The second kappa shape index (κ2) is 7.98. The van der Waals surface area contributed by atoms with E-state index < -0.39 is 18.6 Å². The Bertz CT molecular complexity index is 966. The smallest absolute Gasteiger partial charge is 0.335 e. The number of hydrogen-bond acceptors (Lipinski definition) is 4. The molecule has 0 saturated carbocycles. The van der Waals surface area contributed by atoms with E-state index >= 15 is 0 Å². The van der Waals surface area contributed by atoms with Gasteiger partial charge in [0.05, 0.1) is 0 Å². The maximum Gasteiger partial charge on any atom is 0.335 e. The van der Waals surface area contributed by atoms with Gasteiger partial charge in [0.1, 0.15) is 5.75 Å². The second-order valence-corrected chi connectivity index (χ2v) is 8.39. The Morgan fingerprint density at radius 2 is 1.26 bits per heavy atom. The van der Waals surface area contributed by atoms with Crippen LogP contribution in [-0.4, -0.2) is 11.5 Å². The number of ether oxygens (including phenoxy) is 1. The molecule has 3 aromatic carbocycles. The first-order valence-corrected chi connectivity index (χ1v) is 9.97. The van der Waals surface area contributed by atoms with Crippen LogP contribution in [0.4, 0.5) is 0 Å². The number of benzene rings is 3. The van der Waals surface area contributed by atoms with E-state index in [-0.39, 0.29) is 11.3 Å². The number of esters is 1. The Morgan fingerprint density at radius 3 is 1.70 bits per heavy atom. The topological polar surface area (TPSA) is 60.4 Å². The SMILES string of the molecule is C=CC(=O)Oc1ccc(C(=O)P(=O)(c2ccccc2)c2ccccc2)cc1. The summed E-state index contributed by atoms with van der Waals surface area (Å²) in [5.41, 5.74) is -0.189. The van der Waals surface area contributed by atoms with E-state index in [1.54, 1.807) is 48.5 Å². The second-order valence-electron chi connectivity index (χ2n) is 5.74. The first kappa shape index (κ1) is 18.6. The molecule has 0 unspecified atom stereocenters. The van der Waals surface area contributed by atoms with Crippen LogP contribution in [0, 0.1) is 0 Å². The molecule has 4 nitrogen and oxygen atoms in total. The third-order valence-corrected chi connectivity index (χ3v) is 6.89. The van der Waals surface area contributed by atoms with Gasteiger partial charge in [-0.25, -0.2) is 4.79 Å². The van der Waals surface area contributed by atoms with Crippen LogP contribution in [0.1, 0.15) is 10.4 Å². The quantitative estimate of drug-likeness (QED) is 0.283. The fourth-order valence-electron chi connectivity index (χ4n) is 2.66. The molecule has 0 aliphatic carbocycles. The average Bonchev–Trinajstić information content (AvgIpc) is 2.74. The Labute approximate surface area is 157 Å². The number of hydrogen-bond donors (Lipinski definition) is 0. The third-order valence-electron chi connectivity index (χ3n) is 4.01. The van der Waals surface area contributed by atoms with Crippen molar-refractivity contribution in [1.29, 1.82) is 0 Å². The zero-order chi connectivity index (χ0) is 19.3. The van der Waals surface area contributed by atoms with Crippen molar-refractivity contribution in [3.63, 3.8) is 0 Å². The molecule has 27 heavy (non-hydrogen) atoms. The lowest BCUT2D eigenvalue weighted by molar-refractivity contribution is -0.128. The predicted molar refractivity (Wildman–Crippen MR) is 106 cm³/mol. The van der Waals surface area contributed by atoms with Crippen molar-refractivity contribution in [2.75, 3.05) is 0 Å². The van der Waals surface area contributed by atoms with Crippen molar-refractivity contribution in [3.05, 3.63) is 103 Å². The summed E-state index contributed by atoms with van der Waals surface area (Å²) >= 11 is 0. The van der Waals surface area contributed by atoms with Crippen LogP contribution >= 0.6 is 7.14 Å². The van der Waals surface area contributed by atoms with Gasteiger partial charge in [0.25, 0.3) is 0 Å². The summed E-state index contributed by atoms with van der Waals surface area (Å²) < 4.78 is 19.0. The van der Waals surface area contributed by atoms with Crippen LogP contribution in [-0.2, 0) is 9.36 Å². The zero-order valence-electron chi connectivity index (χ0n) is 14.4. The summed E-state index contributed by atoms with van der Waals surface area (Å²) in [6.07, 6.45) is 1.05. The van der Waals surface area contributed by atoms with Crippen molar-refractivity contribution in [2.24, 2.45) is 0 Å². The number of rotatable bonds is 6. The van der Waals surface area contributed by atoms with Crippen molar-refractivity contribution < 1.29 is 18.9 Å². The molecule has 0 bridgehead atoms. The van der Waals surface area contributed by atoms with Crippen LogP contribution in [0.5, 0.6) is 5.75 Å². The van der Waals surface area contributed by atoms with Gasteiger partial charge >= 0.3 is 5.97 Å². The van der Waals surface area contributed by atoms with Crippen molar-refractivity contribution in [3.8, 4) is 5.75 Å². The third kappa shape index (κ3) is 3.81. The standard InChI is InChI=1S/C22H17O4P/c1-2-21(23)26-18-15-13-17(14-16-18)22(24)27(25,19-9-5-3-6-10-19)20-11-7-4-8-12-20/h2-16H,1H2. The Balaban J connectivity index is 2.03. The van der Waals surface area contributed by atoms with E-state index in [1.165, 1.54) is 24.3 Å². The van der Waals surface area contributed by atoms with Gasteiger partial charge < -0.3 is 9.30 Å². The molecule has 0 amide bonds. The summed E-state index contributed by atoms with van der Waals surface area (Å²) in [6.45, 7) is 3.34. The lowest BCUT2D eigenvalue weighted by Gasteiger charge is -2.18. The summed E-state index contributed by atoms with van der Waals surface area (Å²) in [5, 5.41) is 0.951. The van der Waals surface area contributed by atoms with Crippen LogP contribution in [0.3, 0.4) is 0 Å². The number of carbonyl (C=O) groups excluding carboxylic acids is 2. The van der Waals surface area contributed by atoms with Crippen LogP contribution in [0.2, 0.25) is 0 Å². The molecule has 0 fully saturated rings. The predicted octanol–water partition coefficient (Wildman–Crippen LogP) is 3.93. The molecule has 3 rings (SSSR count). The highest BCUT2D eigenvalue weighted by Crippen LogP contribution is 2.46. The highest BCUT2D eigenvalue weighted by molar-refractivity contribution is 7.93. The highest BCUT2D eigenvalue weighted by atomic mass is 31.2. The summed E-state index contributed by atoms with van der Waals surface area (Å²) in [5.74, 6) is -0.306. The van der Waals surface area contributed by atoms with Gasteiger partial charge in [-0.15, -0.1) is 0 Å². The lowest BCUT2D eigenvalue weighted by atomic mass is 10.2. The molecule has 0 aliphatic rings. The van der Waals surface area contributed by atoms with E-state index in [9.17, 15) is 14.2 Å². The first-order chi connectivity index (χ1) is 13.1. The van der Waals surface area contributed by atoms with E-state index in [2.05, 4.69) is 6.58 Å². The van der Waals surface area contributed by atoms with E-state index in [0.29, 0.717) is 10.6 Å². The maximum absolute atomic E-state index is 14.0. The molecule has 0 N–H and O–H groups in total. The van der Waals surface area contributed by atoms with Crippen LogP contribution in [0.25, 0.3) is 0 Å². The molecule has 134 valence electrons. The molecule has 0 heterocycles. The Morgan fingerprint density at radius 1 is 0.778 bits per heavy atom. The van der Waals surface area contributed by atoms with E-state index in [0.717, 1.165) is 6.08 Å². The molecule has 3 aromatic rings. The monoisotopic (exact) mass is 376 g/mol. The zero-order valence-corrected chi connectivity index (χ0v) is 15.3.